The second kappa shape index (κ2) is 9.33. The van der Waals surface area contributed by atoms with E-state index in [1.54, 1.807) is 32.2 Å². The van der Waals surface area contributed by atoms with Crippen LogP contribution in [0.25, 0.3) is 11.0 Å². The summed E-state index contributed by atoms with van der Waals surface area (Å²) in [6, 6.07) is 6.80. The molecule has 0 saturated carbocycles. The molecule has 29 heavy (non-hydrogen) atoms. The van der Waals surface area contributed by atoms with Crippen LogP contribution in [-0.2, 0) is 16.1 Å². The summed E-state index contributed by atoms with van der Waals surface area (Å²) in [7, 11) is 1.57. The predicted octanol–water partition coefficient (Wildman–Crippen LogP) is 3.01. The van der Waals surface area contributed by atoms with Gasteiger partial charge in [-0.25, -0.2) is 9.78 Å². The monoisotopic (exact) mass is 415 g/mol. The second-order valence-electron chi connectivity index (χ2n) is 6.13. The Bertz CT molecular complexity index is 1100. The molecule has 0 aliphatic carbocycles. The van der Waals surface area contributed by atoms with Gasteiger partial charge < -0.3 is 14.2 Å². The van der Waals surface area contributed by atoms with Crippen molar-refractivity contribution in [3.8, 4) is 11.5 Å². The van der Waals surface area contributed by atoms with Gasteiger partial charge >= 0.3 is 5.97 Å². The molecule has 3 rings (SSSR count). The zero-order chi connectivity index (χ0) is 20.8. The number of hydrogen-bond acceptors (Lipinski definition) is 8. The van der Waals surface area contributed by atoms with E-state index in [4.69, 9.17) is 14.2 Å². The molecular weight excluding hydrogens is 394 g/mol. The first-order valence-corrected chi connectivity index (χ1v) is 9.84. The van der Waals surface area contributed by atoms with Crippen LogP contribution in [0, 0.1) is 6.92 Å². The molecule has 0 aliphatic rings. The number of aromatic nitrogens is 3. The van der Waals surface area contributed by atoms with Crippen molar-refractivity contribution in [1.29, 1.82) is 0 Å². The fourth-order valence-corrected chi connectivity index (χ4v) is 3.34. The molecule has 2 heterocycles. The SMILES string of the molecule is CCCOc1ccc(/C=C/C(=O)OCc2nn3c(=O)cc(C)nc3s2)cc1OC. The fraction of sp³-hybridized carbons (Fsp3) is 0.300. The standard InChI is InChI=1S/C20H21N3O5S/c1-4-9-27-15-7-5-14(11-16(15)26-3)6-8-19(25)28-12-17-22-23-18(24)10-13(2)21-20(23)29-17/h5-8,10-11H,4,9,12H2,1-3H3/b8-6+. The molecule has 0 N–H and O–H groups in total. The van der Waals surface area contributed by atoms with Crippen LogP contribution in [0.1, 0.15) is 29.6 Å². The van der Waals surface area contributed by atoms with Crippen molar-refractivity contribution in [2.45, 2.75) is 26.9 Å². The number of aryl methyl sites for hydroxylation is 1. The molecule has 0 radical (unpaired) electrons. The number of hydrogen-bond donors (Lipinski definition) is 0. The molecule has 2 aromatic heterocycles. The van der Waals surface area contributed by atoms with Crippen molar-refractivity contribution in [3.63, 3.8) is 0 Å². The van der Waals surface area contributed by atoms with E-state index in [9.17, 15) is 9.59 Å². The Morgan fingerprint density at radius 2 is 2.10 bits per heavy atom. The van der Waals surface area contributed by atoms with Crippen molar-refractivity contribution in [1.82, 2.24) is 14.6 Å². The number of nitrogens with zero attached hydrogens (tertiary/aromatic N) is 3. The van der Waals surface area contributed by atoms with Crippen molar-refractivity contribution < 1.29 is 19.0 Å². The zero-order valence-electron chi connectivity index (χ0n) is 16.4. The van der Waals surface area contributed by atoms with Gasteiger partial charge in [-0.15, -0.1) is 0 Å². The quantitative estimate of drug-likeness (QED) is 0.412. The molecular formula is C20H21N3O5S. The Hall–Kier alpha value is -3.20. The topological polar surface area (TPSA) is 92.0 Å². The number of carbonyl (C=O) groups is 1. The Balaban J connectivity index is 1.62. The summed E-state index contributed by atoms with van der Waals surface area (Å²) in [5.41, 5.74) is 1.13. The lowest BCUT2D eigenvalue weighted by Gasteiger charge is -2.10. The third kappa shape index (κ3) is 5.20. The highest BCUT2D eigenvalue weighted by molar-refractivity contribution is 7.16. The molecule has 3 aromatic rings. The molecule has 0 bridgehead atoms. The number of fused-ring (bicyclic) bond motifs is 1. The van der Waals surface area contributed by atoms with Gasteiger partial charge in [0.1, 0.15) is 6.61 Å². The minimum absolute atomic E-state index is 0.0389. The highest BCUT2D eigenvalue weighted by Crippen LogP contribution is 2.28. The van der Waals surface area contributed by atoms with Crippen molar-refractivity contribution in [3.05, 3.63) is 57.0 Å². The first kappa shape index (κ1) is 20.5. The van der Waals surface area contributed by atoms with Gasteiger partial charge in [0.25, 0.3) is 5.56 Å². The van der Waals surface area contributed by atoms with E-state index < -0.39 is 5.97 Å². The number of rotatable bonds is 8. The Kier molecular flexibility index (Phi) is 6.61. The summed E-state index contributed by atoms with van der Waals surface area (Å²) in [6.07, 6.45) is 3.85. The van der Waals surface area contributed by atoms with E-state index in [1.807, 2.05) is 13.0 Å². The Morgan fingerprint density at radius 3 is 2.86 bits per heavy atom. The number of ether oxygens (including phenoxy) is 3. The number of methoxy groups -OCH3 is 1. The molecule has 1 aromatic carbocycles. The first-order chi connectivity index (χ1) is 14.0. The minimum atomic E-state index is -0.522. The van der Waals surface area contributed by atoms with Crippen molar-refractivity contribution in [2.24, 2.45) is 0 Å². The van der Waals surface area contributed by atoms with Crippen molar-refractivity contribution >= 4 is 28.3 Å². The summed E-state index contributed by atoms with van der Waals surface area (Å²) in [6.45, 7) is 4.33. The average molecular weight is 415 g/mol. The van der Waals surface area contributed by atoms with Crippen LogP contribution < -0.4 is 15.0 Å². The molecule has 0 spiro atoms. The van der Waals surface area contributed by atoms with E-state index in [0.717, 1.165) is 12.0 Å². The van der Waals surface area contributed by atoms with Gasteiger partial charge in [-0.3, -0.25) is 4.79 Å². The van der Waals surface area contributed by atoms with Gasteiger partial charge in [0.05, 0.1) is 13.7 Å². The first-order valence-electron chi connectivity index (χ1n) is 9.02. The van der Waals surface area contributed by atoms with Gasteiger partial charge in [-0.1, -0.05) is 24.3 Å². The lowest BCUT2D eigenvalue weighted by Crippen LogP contribution is -2.14. The van der Waals surface area contributed by atoms with Gasteiger partial charge in [0.15, 0.2) is 16.5 Å². The molecule has 0 amide bonds. The fourth-order valence-electron chi connectivity index (χ4n) is 2.48. The van der Waals surface area contributed by atoms with Crippen LogP contribution in [0.15, 0.2) is 35.1 Å². The van der Waals surface area contributed by atoms with Crippen LogP contribution in [0.3, 0.4) is 0 Å². The zero-order valence-corrected chi connectivity index (χ0v) is 17.2. The normalized spacial score (nSPS) is 11.1. The highest BCUT2D eigenvalue weighted by atomic mass is 32.1. The van der Waals surface area contributed by atoms with E-state index in [1.165, 1.54) is 28.0 Å². The van der Waals surface area contributed by atoms with Gasteiger partial charge in [0.2, 0.25) is 4.96 Å². The molecule has 152 valence electrons. The number of benzene rings is 1. The molecule has 0 saturated heterocycles. The largest absolute Gasteiger partial charge is 0.493 e. The second-order valence-corrected chi connectivity index (χ2v) is 7.17. The molecule has 8 nitrogen and oxygen atoms in total. The summed E-state index contributed by atoms with van der Waals surface area (Å²) in [5, 5.41) is 4.62. The van der Waals surface area contributed by atoms with E-state index in [-0.39, 0.29) is 12.2 Å². The third-order valence-corrected chi connectivity index (χ3v) is 4.70. The Labute approximate surface area is 171 Å². The highest BCUT2D eigenvalue weighted by Gasteiger charge is 2.09. The van der Waals surface area contributed by atoms with Gasteiger partial charge in [-0.2, -0.15) is 9.61 Å². The summed E-state index contributed by atoms with van der Waals surface area (Å²) < 4.78 is 17.3. The van der Waals surface area contributed by atoms with Crippen LogP contribution in [0.4, 0.5) is 0 Å². The average Bonchev–Trinajstić information content (AvgIpc) is 3.12. The smallest absolute Gasteiger partial charge is 0.331 e. The van der Waals surface area contributed by atoms with E-state index in [2.05, 4.69) is 10.1 Å². The number of esters is 1. The molecule has 0 fully saturated rings. The molecule has 0 atom stereocenters. The van der Waals surface area contributed by atoms with Gasteiger partial charge in [-0.05, 0) is 37.1 Å². The summed E-state index contributed by atoms with van der Waals surface area (Å²) in [5.74, 6) is 0.728. The Morgan fingerprint density at radius 1 is 1.28 bits per heavy atom. The minimum Gasteiger partial charge on any atom is -0.493 e. The maximum absolute atomic E-state index is 12.0. The summed E-state index contributed by atoms with van der Waals surface area (Å²) >= 11 is 1.20. The predicted molar refractivity (Wildman–Crippen MR) is 109 cm³/mol. The number of carbonyl (C=O) groups excluding carboxylic acids is 1. The van der Waals surface area contributed by atoms with Gasteiger partial charge in [0, 0.05) is 17.8 Å². The lowest BCUT2D eigenvalue weighted by molar-refractivity contribution is -0.138. The maximum atomic E-state index is 12.0. The molecule has 0 aliphatic heterocycles. The summed E-state index contributed by atoms with van der Waals surface area (Å²) in [4.78, 5) is 28.6. The van der Waals surface area contributed by atoms with E-state index >= 15 is 0 Å². The third-order valence-electron chi connectivity index (χ3n) is 3.81. The molecule has 0 unspecified atom stereocenters. The van der Waals surface area contributed by atoms with Crippen LogP contribution in [0.2, 0.25) is 0 Å². The molecule has 9 heteroatoms. The maximum Gasteiger partial charge on any atom is 0.331 e. The van der Waals surface area contributed by atoms with Crippen molar-refractivity contribution in [2.75, 3.05) is 13.7 Å². The lowest BCUT2D eigenvalue weighted by atomic mass is 10.2. The van der Waals surface area contributed by atoms with E-state index in [0.29, 0.717) is 33.8 Å². The van der Waals surface area contributed by atoms with Crippen LogP contribution >= 0.6 is 11.3 Å². The van der Waals surface area contributed by atoms with Crippen LogP contribution in [0.5, 0.6) is 11.5 Å². The van der Waals surface area contributed by atoms with Crippen LogP contribution in [-0.4, -0.2) is 34.3 Å².